The molecule has 1 saturated heterocycles. The van der Waals surface area contributed by atoms with Crippen molar-refractivity contribution in [3.8, 4) is 22.9 Å². The lowest BCUT2D eigenvalue weighted by molar-refractivity contribution is 0.122. The van der Waals surface area contributed by atoms with Crippen LogP contribution < -0.4 is 4.90 Å². The fraction of sp³-hybridized carbons (Fsp3) is 0.263. The molecule has 0 atom stereocenters. The summed E-state index contributed by atoms with van der Waals surface area (Å²) in [4.78, 5) is 28.9. The molecule has 1 aliphatic rings. The maximum absolute atomic E-state index is 5.99. The van der Waals surface area contributed by atoms with Gasteiger partial charge in [-0.3, -0.25) is 4.98 Å². The van der Waals surface area contributed by atoms with E-state index in [-0.39, 0.29) is 5.28 Å². The van der Waals surface area contributed by atoms with Gasteiger partial charge in [-0.15, -0.1) is 0 Å². The zero-order valence-electron chi connectivity index (χ0n) is 15.7. The lowest BCUT2D eigenvalue weighted by Gasteiger charge is -2.28. The molecule has 29 heavy (non-hydrogen) atoms. The zero-order chi connectivity index (χ0) is 19.8. The number of nitrogens with zero attached hydrogens (tertiary/aromatic N) is 8. The van der Waals surface area contributed by atoms with Gasteiger partial charge >= 0.3 is 0 Å². The number of rotatable bonds is 3. The van der Waals surface area contributed by atoms with E-state index in [1.165, 1.54) is 0 Å². The normalized spacial score (nSPS) is 14.5. The van der Waals surface area contributed by atoms with E-state index in [2.05, 4.69) is 19.9 Å². The summed E-state index contributed by atoms with van der Waals surface area (Å²) in [5.41, 5.74) is 2.98. The number of aromatic nitrogens is 7. The Balaban J connectivity index is 1.75. The molecule has 1 aliphatic heterocycles. The quantitative estimate of drug-likeness (QED) is 0.477. The van der Waals surface area contributed by atoms with Crippen LogP contribution in [0.5, 0.6) is 0 Å². The van der Waals surface area contributed by atoms with Gasteiger partial charge in [0.1, 0.15) is 11.5 Å². The highest BCUT2D eigenvalue weighted by Crippen LogP contribution is 2.30. The molecule has 5 heterocycles. The molecule has 0 radical (unpaired) electrons. The Morgan fingerprint density at radius 1 is 0.966 bits per heavy atom. The van der Waals surface area contributed by atoms with Crippen LogP contribution in [0.3, 0.4) is 0 Å². The number of anilines is 1. The highest BCUT2D eigenvalue weighted by Gasteiger charge is 2.23. The molecule has 4 aromatic heterocycles. The SMILES string of the molecule is Cn1c(-c2ccncc2)nc2c(N3CCOCC3)nc(-c3ccnc(Cl)n3)nc21. The average molecular weight is 409 g/mol. The topological polar surface area (TPSA) is 94.7 Å². The molecule has 1 fully saturated rings. The van der Waals surface area contributed by atoms with Gasteiger partial charge in [-0.25, -0.2) is 24.9 Å². The maximum atomic E-state index is 5.99. The smallest absolute Gasteiger partial charge is 0.222 e. The Kier molecular flexibility index (Phi) is 4.53. The number of imidazole rings is 1. The van der Waals surface area contributed by atoms with Gasteiger partial charge in [-0.1, -0.05) is 0 Å². The van der Waals surface area contributed by atoms with Gasteiger partial charge in [-0.2, -0.15) is 0 Å². The molecule has 10 heteroatoms. The predicted octanol–water partition coefficient (Wildman–Crippen LogP) is 2.37. The molecule has 4 aromatic rings. The summed E-state index contributed by atoms with van der Waals surface area (Å²) >= 11 is 5.99. The van der Waals surface area contributed by atoms with Crippen molar-refractivity contribution in [2.45, 2.75) is 0 Å². The second-order valence-electron chi connectivity index (χ2n) is 6.58. The number of ether oxygens (including phenoxy) is 1. The first-order valence-corrected chi connectivity index (χ1v) is 9.55. The van der Waals surface area contributed by atoms with E-state index in [9.17, 15) is 0 Å². The van der Waals surface area contributed by atoms with Crippen molar-refractivity contribution in [3.63, 3.8) is 0 Å². The van der Waals surface area contributed by atoms with E-state index in [1.807, 2.05) is 23.7 Å². The first kappa shape index (κ1) is 17.9. The largest absolute Gasteiger partial charge is 0.378 e. The predicted molar refractivity (Wildman–Crippen MR) is 109 cm³/mol. The molecule has 0 aliphatic carbocycles. The first-order valence-electron chi connectivity index (χ1n) is 9.17. The third kappa shape index (κ3) is 3.28. The van der Waals surface area contributed by atoms with E-state index in [1.54, 1.807) is 24.7 Å². The van der Waals surface area contributed by atoms with Crippen molar-refractivity contribution in [1.82, 2.24) is 34.5 Å². The van der Waals surface area contributed by atoms with E-state index >= 15 is 0 Å². The average Bonchev–Trinajstić information content (AvgIpc) is 3.11. The van der Waals surface area contributed by atoms with Crippen LogP contribution in [0.4, 0.5) is 5.82 Å². The molecule has 0 N–H and O–H groups in total. The highest BCUT2D eigenvalue weighted by atomic mass is 35.5. The Morgan fingerprint density at radius 3 is 2.52 bits per heavy atom. The summed E-state index contributed by atoms with van der Waals surface area (Å²) in [6.45, 7) is 2.75. The van der Waals surface area contributed by atoms with Crippen molar-refractivity contribution in [2.75, 3.05) is 31.2 Å². The van der Waals surface area contributed by atoms with Crippen molar-refractivity contribution >= 4 is 28.6 Å². The summed E-state index contributed by atoms with van der Waals surface area (Å²) in [5.74, 6) is 2.04. The van der Waals surface area contributed by atoms with Crippen LogP contribution in [0.15, 0.2) is 36.8 Å². The van der Waals surface area contributed by atoms with Crippen LogP contribution in [-0.4, -0.2) is 60.8 Å². The van der Waals surface area contributed by atoms with E-state index in [0.717, 1.165) is 41.5 Å². The summed E-state index contributed by atoms with van der Waals surface area (Å²) in [6, 6.07) is 5.60. The van der Waals surface area contributed by atoms with Crippen LogP contribution in [0.2, 0.25) is 5.28 Å². The van der Waals surface area contributed by atoms with Gasteiger partial charge in [-0.05, 0) is 29.8 Å². The number of morpholine rings is 1. The lowest BCUT2D eigenvalue weighted by atomic mass is 10.2. The Morgan fingerprint density at radius 2 is 1.76 bits per heavy atom. The van der Waals surface area contributed by atoms with Gasteiger partial charge in [0, 0.05) is 44.3 Å². The number of hydrogen-bond donors (Lipinski definition) is 0. The summed E-state index contributed by atoms with van der Waals surface area (Å²) in [5, 5.41) is 0.154. The third-order valence-electron chi connectivity index (χ3n) is 4.80. The molecular weight excluding hydrogens is 392 g/mol. The van der Waals surface area contributed by atoms with Crippen molar-refractivity contribution in [2.24, 2.45) is 7.05 Å². The minimum Gasteiger partial charge on any atom is -0.378 e. The van der Waals surface area contributed by atoms with Gasteiger partial charge in [0.2, 0.25) is 5.28 Å². The molecule has 5 rings (SSSR count). The highest BCUT2D eigenvalue weighted by molar-refractivity contribution is 6.28. The molecular formula is C19H17ClN8O. The Labute approximate surface area is 171 Å². The Bertz CT molecular complexity index is 1170. The summed E-state index contributed by atoms with van der Waals surface area (Å²) in [6.07, 6.45) is 5.09. The minimum absolute atomic E-state index is 0.154. The van der Waals surface area contributed by atoms with Crippen molar-refractivity contribution in [1.29, 1.82) is 0 Å². The molecule has 0 bridgehead atoms. The van der Waals surface area contributed by atoms with E-state index in [0.29, 0.717) is 24.7 Å². The van der Waals surface area contributed by atoms with Gasteiger partial charge in [0.15, 0.2) is 22.8 Å². The van der Waals surface area contributed by atoms with Crippen LogP contribution >= 0.6 is 11.6 Å². The van der Waals surface area contributed by atoms with Crippen LogP contribution in [0, 0.1) is 0 Å². The molecule has 146 valence electrons. The fourth-order valence-corrected chi connectivity index (χ4v) is 3.52. The molecule has 0 saturated carbocycles. The maximum Gasteiger partial charge on any atom is 0.222 e. The van der Waals surface area contributed by atoms with Crippen LogP contribution in [0.1, 0.15) is 0 Å². The third-order valence-corrected chi connectivity index (χ3v) is 4.99. The molecule has 0 unspecified atom stereocenters. The van der Waals surface area contributed by atoms with Crippen LogP contribution in [0.25, 0.3) is 34.1 Å². The molecule has 9 nitrogen and oxygen atoms in total. The standard InChI is InChI=1S/C19H17ClN8O/c1-27-16(12-2-5-21-6-3-12)24-14-17(27)25-15(13-4-7-22-19(20)23-13)26-18(14)28-8-10-29-11-9-28/h2-7H,8-11H2,1H3. The Hall–Kier alpha value is -3.17. The monoisotopic (exact) mass is 408 g/mol. The number of aryl methyl sites for hydroxylation is 1. The van der Waals surface area contributed by atoms with E-state index in [4.69, 9.17) is 31.3 Å². The number of fused-ring (bicyclic) bond motifs is 1. The number of pyridine rings is 1. The summed E-state index contributed by atoms with van der Waals surface area (Å²) in [7, 11) is 1.94. The van der Waals surface area contributed by atoms with Gasteiger partial charge in [0.05, 0.1) is 13.2 Å². The summed E-state index contributed by atoms with van der Waals surface area (Å²) < 4.78 is 7.47. The molecule has 0 amide bonds. The zero-order valence-corrected chi connectivity index (χ0v) is 16.4. The lowest BCUT2D eigenvalue weighted by Crippen LogP contribution is -2.37. The second-order valence-corrected chi connectivity index (χ2v) is 6.92. The van der Waals surface area contributed by atoms with Crippen molar-refractivity contribution in [3.05, 3.63) is 42.1 Å². The number of hydrogen-bond acceptors (Lipinski definition) is 8. The second kappa shape index (κ2) is 7.34. The minimum atomic E-state index is 0.154. The first-order chi connectivity index (χ1) is 14.2. The van der Waals surface area contributed by atoms with E-state index < -0.39 is 0 Å². The molecule has 0 aromatic carbocycles. The fourth-order valence-electron chi connectivity index (χ4n) is 3.38. The van der Waals surface area contributed by atoms with Crippen LogP contribution in [-0.2, 0) is 11.8 Å². The van der Waals surface area contributed by atoms with Crippen molar-refractivity contribution < 1.29 is 4.74 Å². The molecule has 0 spiro atoms. The van der Waals surface area contributed by atoms with Gasteiger partial charge in [0.25, 0.3) is 0 Å². The van der Waals surface area contributed by atoms with Gasteiger partial charge < -0.3 is 14.2 Å². The number of halogens is 1.